The van der Waals surface area contributed by atoms with E-state index >= 15 is 0 Å². The Balaban J connectivity index is 2.09. The Bertz CT molecular complexity index is 600. The minimum absolute atomic E-state index is 0.0389. The van der Waals surface area contributed by atoms with Crippen molar-refractivity contribution in [3.8, 4) is 5.75 Å². The zero-order valence-electron chi connectivity index (χ0n) is 11.3. The first-order valence-corrected chi connectivity index (χ1v) is 7.44. The second-order valence-electron chi connectivity index (χ2n) is 4.28. The van der Waals surface area contributed by atoms with Crippen LogP contribution in [0.1, 0.15) is 16.1 Å². The third-order valence-electron chi connectivity index (χ3n) is 2.78. The van der Waals surface area contributed by atoms with Gasteiger partial charge in [-0.1, -0.05) is 12.1 Å². The van der Waals surface area contributed by atoms with Crippen LogP contribution in [0.25, 0.3) is 0 Å². The van der Waals surface area contributed by atoms with Gasteiger partial charge in [0.1, 0.15) is 11.4 Å². The summed E-state index contributed by atoms with van der Waals surface area (Å²) in [7, 11) is 3.58. The average Bonchev–Trinajstić information content (AvgIpc) is 2.96. The van der Waals surface area contributed by atoms with E-state index in [4.69, 9.17) is 16.3 Å². The van der Waals surface area contributed by atoms with E-state index in [1.807, 2.05) is 36.2 Å². The summed E-state index contributed by atoms with van der Waals surface area (Å²) in [6.07, 6.45) is 0. The van der Waals surface area contributed by atoms with Gasteiger partial charge < -0.3 is 9.64 Å². The molecule has 1 aromatic heterocycles. The van der Waals surface area contributed by atoms with E-state index in [-0.39, 0.29) is 11.7 Å². The smallest absolute Gasteiger partial charge is 0.196 e. The summed E-state index contributed by atoms with van der Waals surface area (Å²) in [6.45, 7) is 0.694. The molecular weight excluding hydrogens is 296 g/mol. The van der Waals surface area contributed by atoms with Crippen LogP contribution in [0.5, 0.6) is 5.75 Å². The minimum Gasteiger partial charge on any atom is -0.497 e. The predicted octanol–water partition coefficient (Wildman–Crippen LogP) is 3.21. The highest BCUT2D eigenvalue weighted by atomic mass is 35.5. The van der Waals surface area contributed by atoms with Gasteiger partial charge in [0.2, 0.25) is 0 Å². The molecule has 2 aromatic rings. The van der Waals surface area contributed by atoms with Crippen molar-refractivity contribution in [1.29, 1.82) is 0 Å². The SMILES string of the molecule is COc1cccc(CN(C)c2nc(C(=O)CCl)cs2)c1. The maximum atomic E-state index is 11.5. The van der Waals surface area contributed by atoms with Gasteiger partial charge in [-0.25, -0.2) is 4.98 Å². The molecule has 0 bridgehead atoms. The van der Waals surface area contributed by atoms with Crippen LogP contribution in [0.15, 0.2) is 29.6 Å². The average molecular weight is 311 g/mol. The molecule has 6 heteroatoms. The van der Waals surface area contributed by atoms with Crippen LogP contribution in [0.2, 0.25) is 0 Å². The number of hydrogen-bond acceptors (Lipinski definition) is 5. The molecule has 0 fully saturated rings. The normalized spacial score (nSPS) is 10.3. The third kappa shape index (κ3) is 3.49. The van der Waals surface area contributed by atoms with Crippen LogP contribution in [0.4, 0.5) is 5.13 Å². The van der Waals surface area contributed by atoms with Crippen molar-refractivity contribution in [3.63, 3.8) is 0 Å². The summed E-state index contributed by atoms with van der Waals surface area (Å²) in [5.41, 5.74) is 1.55. The van der Waals surface area contributed by atoms with Crippen LogP contribution in [0, 0.1) is 0 Å². The third-order valence-corrected chi connectivity index (χ3v) is 3.98. The van der Waals surface area contributed by atoms with Gasteiger partial charge in [-0.15, -0.1) is 22.9 Å². The summed E-state index contributed by atoms with van der Waals surface area (Å²) in [4.78, 5) is 17.8. The first kappa shape index (κ1) is 14.8. The van der Waals surface area contributed by atoms with Crippen molar-refractivity contribution in [3.05, 3.63) is 40.9 Å². The van der Waals surface area contributed by atoms with Crippen molar-refractivity contribution in [2.45, 2.75) is 6.54 Å². The van der Waals surface area contributed by atoms with Crippen LogP contribution in [-0.4, -0.2) is 30.8 Å². The standard InChI is InChI=1S/C14H15ClN2O2S/c1-17(8-10-4-3-5-11(6-10)19-2)14-16-12(9-20-14)13(18)7-15/h3-6,9H,7-8H2,1-2H3. The number of ketones is 1. The molecule has 0 unspecified atom stereocenters. The van der Waals surface area contributed by atoms with E-state index in [1.54, 1.807) is 12.5 Å². The number of aromatic nitrogens is 1. The van der Waals surface area contributed by atoms with Crippen molar-refractivity contribution >= 4 is 33.9 Å². The van der Waals surface area contributed by atoms with Crippen molar-refractivity contribution in [1.82, 2.24) is 4.98 Å². The van der Waals surface area contributed by atoms with E-state index in [1.165, 1.54) is 11.3 Å². The zero-order valence-corrected chi connectivity index (χ0v) is 12.9. The summed E-state index contributed by atoms with van der Waals surface area (Å²) in [6, 6.07) is 7.86. The fraction of sp³-hybridized carbons (Fsp3) is 0.286. The predicted molar refractivity (Wildman–Crippen MR) is 82.3 cm³/mol. The Kier molecular flexibility index (Phi) is 4.98. The van der Waals surface area contributed by atoms with E-state index < -0.39 is 0 Å². The molecule has 0 spiro atoms. The lowest BCUT2D eigenvalue weighted by molar-refractivity contribution is 0.101. The molecule has 0 radical (unpaired) electrons. The second kappa shape index (κ2) is 6.72. The van der Waals surface area contributed by atoms with Gasteiger partial charge in [0.05, 0.1) is 13.0 Å². The highest BCUT2D eigenvalue weighted by Gasteiger charge is 2.12. The number of thiazole rings is 1. The maximum absolute atomic E-state index is 11.5. The number of benzene rings is 1. The number of carbonyl (C=O) groups excluding carboxylic acids is 1. The number of nitrogens with zero attached hydrogens (tertiary/aromatic N) is 2. The molecule has 0 amide bonds. The van der Waals surface area contributed by atoms with Crippen molar-refractivity contribution in [2.24, 2.45) is 0 Å². The Morgan fingerprint density at radius 1 is 1.50 bits per heavy atom. The molecular formula is C14H15ClN2O2S. The number of ether oxygens (including phenoxy) is 1. The number of methoxy groups -OCH3 is 1. The first-order chi connectivity index (χ1) is 9.63. The number of hydrogen-bond donors (Lipinski definition) is 0. The minimum atomic E-state index is -0.149. The lowest BCUT2D eigenvalue weighted by atomic mass is 10.2. The Labute approximate surface area is 127 Å². The molecule has 20 heavy (non-hydrogen) atoms. The van der Waals surface area contributed by atoms with Crippen LogP contribution >= 0.6 is 22.9 Å². The number of rotatable bonds is 6. The number of halogens is 1. The van der Waals surface area contributed by atoms with E-state index in [2.05, 4.69) is 4.98 Å². The quantitative estimate of drug-likeness (QED) is 0.607. The largest absolute Gasteiger partial charge is 0.497 e. The number of anilines is 1. The highest BCUT2D eigenvalue weighted by Crippen LogP contribution is 2.22. The summed E-state index contributed by atoms with van der Waals surface area (Å²) < 4.78 is 5.20. The molecule has 0 aliphatic heterocycles. The lowest BCUT2D eigenvalue weighted by Crippen LogP contribution is -2.16. The Morgan fingerprint density at radius 3 is 3.00 bits per heavy atom. The van der Waals surface area contributed by atoms with Gasteiger partial charge >= 0.3 is 0 Å². The van der Waals surface area contributed by atoms with E-state index in [9.17, 15) is 4.79 Å². The summed E-state index contributed by atoms with van der Waals surface area (Å²) in [5.74, 6) is 0.639. The second-order valence-corrected chi connectivity index (χ2v) is 5.38. The van der Waals surface area contributed by atoms with Gasteiger partial charge in [0, 0.05) is 19.0 Å². The number of alkyl halides is 1. The maximum Gasteiger partial charge on any atom is 0.196 e. The van der Waals surface area contributed by atoms with Crippen LogP contribution in [-0.2, 0) is 6.54 Å². The molecule has 0 aliphatic rings. The van der Waals surface area contributed by atoms with Crippen LogP contribution in [0.3, 0.4) is 0 Å². The molecule has 0 atom stereocenters. The van der Waals surface area contributed by atoms with Gasteiger partial charge in [-0.05, 0) is 17.7 Å². The fourth-order valence-corrected chi connectivity index (χ4v) is 2.68. The highest BCUT2D eigenvalue weighted by molar-refractivity contribution is 7.13. The number of carbonyl (C=O) groups is 1. The van der Waals surface area contributed by atoms with Gasteiger partial charge in [0.15, 0.2) is 10.9 Å². The van der Waals surface area contributed by atoms with Crippen molar-refractivity contribution in [2.75, 3.05) is 24.9 Å². The molecule has 1 aromatic carbocycles. The molecule has 106 valence electrons. The molecule has 1 heterocycles. The molecule has 0 saturated heterocycles. The zero-order chi connectivity index (χ0) is 14.5. The Morgan fingerprint density at radius 2 is 2.30 bits per heavy atom. The Hall–Kier alpha value is -1.59. The topological polar surface area (TPSA) is 42.4 Å². The van der Waals surface area contributed by atoms with E-state index in [0.717, 1.165) is 16.4 Å². The van der Waals surface area contributed by atoms with Gasteiger partial charge in [-0.2, -0.15) is 0 Å². The molecule has 0 aliphatic carbocycles. The lowest BCUT2D eigenvalue weighted by Gasteiger charge is -2.16. The van der Waals surface area contributed by atoms with Gasteiger partial charge in [-0.3, -0.25) is 4.79 Å². The molecule has 0 N–H and O–H groups in total. The molecule has 2 rings (SSSR count). The number of Topliss-reactive ketones (excluding diaryl/α,β-unsaturated/α-hetero) is 1. The fourth-order valence-electron chi connectivity index (χ4n) is 1.75. The molecule has 4 nitrogen and oxygen atoms in total. The molecule has 0 saturated carbocycles. The van der Waals surface area contributed by atoms with Crippen LogP contribution < -0.4 is 9.64 Å². The monoisotopic (exact) mass is 310 g/mol. The first-order valence-electron chi connectivity index (χ1n) is 6.02. The van der Waals surface area contributed by atoms with Gasteiger partial charge in [0.25, 0.3) is 0 Å². The van der Waals surface area contributed by atoms with Crippen molar-refractivity contribution < 1.29 is 9.53 Å². The summed E-state index contributed by atoms with van der Waals surface area (Å²) in [5, 5.41) is 2.53. The van der Waals surface area contributed by atoms with E-state index in [0.29, 0.717) is 12.2 Å². The summed E-state index contributed by atoms with van der Waals surface area (Å²) >= 11 is 6.96.